The molecule has 19 heavy (non-hydrogen) atoms. The first-order valence-corrected chi connectivity index (χ1v) is 7.76. The molecule has 0 aliphatic heterocycles. The van der Waals surface area contributed by atoms with Gasteiger partial charge in [-0.3, -0.25) is 0 Å². The van der Waals surface area contributed by atoms with Gasteiger partial charge in [0, 0.05) is 17.5 Å². The van der Waals surface area contributed by atoms with Crippen LogP contribution in [0.25, 0.3) is 10.2 Å². The van der Waals surface area contributed by atoms with Gasteiger partial charge in [0.15, 0.2) is 0 Å². The molecule has 102 valence electrons. The van der Waals surface area contributed by atoms with E-state index in [9.17, 15) is 5.11 Å². The van der Waals surface area contributed by atoms with Crippen LogP contribution in [0.2, 0.25) is 0 Å². The van der Waals surface area contributed by atoms with E-state index in [2.05, 4.69) is 27.9 Å². The molecule has 1 N–H and O–H groups in total. The number of fused-ring (bicyclic) bond motifs is 1. The fourth-order valence-electron chi connectivity index (χ4n) is 2.56. The van der Waals surface area contributed by atoms with Gasteiger partial charge in [0.1, 0.15) is 17.0 Å². The lowest BCUT2D eigenvalue weighted by atomic mass is 9.91. The molecule has 0 atom stereocenters. The van der Waals surface area contributed by atoms with Crippen LogP contribution < -0.4 is 4.90 Å². The molecule has 2 heterocycles. The molecule has 1 fully saturated rings. The molecule has 1 saturated carbocycles. The summed E-state index contributed by atoms with van der Waals surface area (Å²) in [5, 5.41) is 10.5. The highest BCUT2D eigenvalue weighted by Crippen LogP contribution is 2.34. The lowest BCUT2D eigenvalue weighted by molar-refractivity contribution is 0.283. The van der Waals surface area contributed by atoms with E-state index >= 15 is 0 Å². The molecule has 3 rings (SSSR count). The number of aromatic nitrogens is 2. The number of thiophene rings is 1. The number of hydrogen-bond acceptors (Lipinski definition) is 5. The SMILES string of the molecule is CCc1cc2c(N(CCO)C3CCC3)ncnc2s1. The number of aliphatic hydroxyl groups excluding tert-OH is 1. The van der Waals surface area contributed by atoms with Gasteiger partial charge in [-0.25, -0.2) is 9.97 Å². The van der Waals surface area contributed by atoms with Gasteiger partial charge in [-0.05, 0) is 31.7 Å². The molecular weight excluding hydrogens is 258 g/mol. The Morgan fingerprint density at radius 2 is 2.26 bits per heavy atom. The predicted molar refractivity (Wildman–Crippen MR) is 78.9 cm³/mol. The highest BCUT2D eigenvalue weighted by molar-refractivity contribution is 7.18. The summed E-state index contributed by atoms with van der Waals surface area (Å²) in [7, 11) is 0. The summed E-state index contributed by atoms with van der Waals surface area (Å²) in [5.74, 6) is 1.000. The summed E-state index contributed by atoms with van der Waals surface area (Å²) in [6, 6.07) is 2.74. The van der Waals surface area contributed by atoms with Crippen LogP contribution in [-0.2, 0) is 6.42 Å². The van der Waals surface area contributed by atoms with Gasteiger partial charge in [0.25, 0.3) is 0 Å². The molecule has 0 aromatic carbocycles. The second-order valence-corrected chi connectivity index (χ2v) is 6.10. The Labute approximate surface area is 117 Å². The van der Waals surface area contributed by atoms with Crippen LogP contribution in [0.15, 0.2) is 12.4 Å². The van der Waals surface area contributed by atoms with Gasteiger partial charge in [-0.1, -0.05) is 6.92 Å². The van der Waals surface area contributed by atoms with Gasteiger partial charge >= 0.3 is 0 Å². The molecule has 4 nitrogen and oxygen atoms in total. The molecule has 2 aromatic rings. The number of aliphatic hydroxyl groups is 1. The van der Waals surface area contributed by atoms with E-state index in [4.69, 9.17) is 0 Å². The zero-order valence-corrected chi connectivity index (χ0v) is 12.0. The number of rotatable bonds is 5. The monoisotopic (exact) mass is 277 g/mol. The Morgan fingerprint density at radius 3 is 2.89 bits per heavy atom. The van der Waals surface area contributed by atoms with Crippen molar-refractivity contribution in [3.05, 3.63) is 17.3 Å². The standard InChI is InChI=1S/C14H19N3OS/c1-2-11-8-12-13(15-9-16-14(12)19-11)17(6-7-18)10-4-3-5-10/h8-10,18H,2-7H2,1H3. The summed E-state index contributed by atoms with van der Waals surface area (Å²) < 4.78 is 0. The van der Waals surface area contributed by atoms with Crippen molar-refractivity contribution in [3.8, 4) is 0 Å². The van der Waals surface area contributed by atoms with Crippen LogP contribution in [0, 0.1) is 0 Å². The Kier molecular flexibility index (Phi) is 3.66. The molecule has 2 aromatic heterocycles. The molecule has 0 unspecified atom stereocenters. The van der Waals surface area contributed by atoms with E-state index in [0.717, 1.165) is 22.5 Å². The number of hydrogen-bond donors (Lipinski definition) is 1. The van der Waals surface area contributed by atoms with Crippen molar-refractivity contribution in [3.63, 3.8) is 0 Å². The molecule has 0 saturated heterocycles. The lowest BCUT2D eigenvalue weighted by Crippen LogP contribution is -2.42. The zero-order chi connectivity index (χ0) is 13.2. The summed E-state index contributed by atoms with van der Waals surface area (Å²) in [6.07, 6.45) is 6.37. The zero-order valence-electron chi connectivity index (χ0n) is 11.2. The quantitative estimate of drug-likeness (QED) is 0.912. The van der Waals surface area contributed by atoms with E-state index in [1.54, 1.807) is 17.7 Å². The maximum absolute atomic E-state index is 9.31. The van der Waals surface area contributed by atoms with Crippen LogP contribution in [0.1, 0.15) is 31.1 Å². The van der Waals surface area contributed by atoms with Gasteiger partial charge in [-0.2, -0.15) is 0 Å². The minimum atomic E-state index is 0.173. The largest absolute Gasteiger partial charge is 0.395 e. The number of anilines is 1. The second-order valence-electron chi connectivity index (χ2n) is 4.98. The maximum Gasteiger partial charge on any atom is 0.141 e. The van der Waals surface area contributed by atoms with Crippen LogP contribution in [-0.4, -0.2) is 34.3 Å². The van der Waals surface area contributed by atoms with Crippen molar-refractivity contribution in [2.75, 3.05) is 18.1 Å². The minimum Gasteiger partial charge on any atom is -0.395 e. The van der Waals surface area contributed by atoms with E-state index in [-0.39, 0.29) is 6.61 Å². The Balaban J connectivity index is 2.03. The Bertz CT molecular complexity index is 565. The van der Waals surface area contributed by atoms with Crippen LogP contribution >= 0.6 is 11.3 Å². The van der Waals surface area contributed by atoms with Gasteiger partial charge < -0.3 is 10.0 Å². The lowest BCUT2D eigenvalue weighted by Gasteiger charge is -2.38. The van der Waals surface area contributed by atoms with Crippen LogP contribution in [0.4, 0.5) is 5.82 Å². The summed E-state index contributed by atoms with van der Waals surface area (Å²) in [5.41, 5.74) is 0. The number of nitrogens with zero attached hydrogens (tertiary/aromatic N) is 3. The third kappa shape index (κ3) is 2.32. The van der Waals surface area contributed by atoms with E-state index in [1.807, 2.05) is 0 Å². The van der Waals surface area contributed by atoms with Crippen molar-refractivity contribution >= 4 is 27.4 Å². The van der Waals surface area contributed by atoms with Gasteiger partial charge in [0.2, 0.25) is 0 Å². The minimum absolute atomic E-state index is 0.173. The predicted octanol–water partition coefficient (Wildman–Crippen LogP) is 2.60. The maximum atomic E-state index is 9.31. The van der Waals surface area contributed by atoms with E-state index < -0.39 is 0 Å². The second kappa shape index (κ2) is 5.43. The van der Waals surface area contributed by atoms with Crippen molar-refractivity contribution in [1.82, 2.24) is 9.97 Å². The van der Waals surface area contributed by atoms with Crippen molar-refractivity contribution in [2.24, 2.45) is 0 Å². The first kappa shape index (κ1) is 12.8. The van der Waals surface area contributed by atoms with Crippen molar-refractivity contribution < 1.29 is 5.11 Å². The molecule has 1 aliphatic carbocycles. The summed E-state index contributed by atoms with van der Waals surface area (Å²) >= 11 is 1.74. The van der Waals surface area contributed by atoms with Gasteiger partial charge in [-0.15, -0.1) is 11.3 Å². The molecule has 0 amide bonds. The van der Waals surface area contributed by atoms with Crippen molar-refractivity contribution in [1.29, 1.82) is 0 Å². The Hall–Kier alpha value is -1.20. The first-order chi connectivity index (χ1) is 9.33. The summed E-state index contributed by atoms with van der Waals surface area (Å²) in [4.78, 5) is 13.5. The fourth-order valence-corrected chi connectivity index (χ4v) is 3.49. The highest BCUT2D eigenvalue weighted by Gasteiger charge is 2.27. The topological polar surface area (TPSA) is 49.2 Å². The summed E-state index contributed by atoms with van der Waals surface area (Å²) in [6.45, 7) is 3.00. The molecule has 0 radical (unpaired) electrons. The molecule has 5 heteroatoms. The van der Waals surface area contributed by atoms with E-state index in [0.29, 0.717) is 12.6 Å². The first-order valence-electron chi connectivity index (χ1n) is 6.94. The third-order valence-electron chi connectivity index (χ3n) is 3.84. The van der Waals surface area contributed by atoms with Crippen LogP contribution in [0.3, 0.4) is 0 Å². The van der Waals surface area contributed by atoms with Crippen LogP contribution in [0.5, 0.6) is 0 Å². The fraction of sp³-hybridized carbons (Fsp3) is 0.571. The smallest absolute Gasteiger partial charge is 0.141 e. The average Bonchev–Trinajstić information content (AvgIpc) is 2.79. The average molecular weight is 277 g/mol. The molecule has 0 bridgehead atoms. The third-order valence-corrected chi connectivity index (χ3v) is 5.02. The Morgan fingerprint density at radius 1 is 1.42 bits per heavy atom. The molecular formula is C14H19N3OS. The molecule has 0 spiro atoms. The van der Waals surface area contributed by atoms with E-state index in [1.165, 1.54) is 24.1 Å². The normalized spacial score (nSPS) is 15.7. The van der Waals surface area contributed by atoms with Crippen molar-refractivity contribution in [2.45, 2.75) is 38.6 Å². The van der Waals surface area contributed by atoms with Gasteiger partial charge in [0.05, 0.1) is 12.0 Å². The molecule has 1 aliphatic rings. The highest BCUT2D eigenvalue weighted by atomic mass is 32.1. The number of aryl methyl sites for hydroxylation is 1.